The molecule has 1 aromatic carbocycles. The molecule has 0 saturated heterocycles. The molecule has 0 spiro atoms. The number of phenols is 1. The zero-order chi connectivity index (χ0) is 20.8. The number of aromatic hydroxyl groups is 1. The van der Waals surface area contributed by atoms with Crippen molar-refractivity contribution in [3.8, 4) is 5.75 Å². The Labute approximate surface area is 161 Å². The van der Waals surface area contributed by atoms with Crippen LogP contribution in [0.1, 0.15) is 62.5 Å². The van der Waals surface area contributed by atoms with Gasteiger partial charge in [0.25, 0.3) is 0 Å². The summed E-state index contributed by atoms with van der Waals surface area (Å²) in [6, 6.07) is 2.95. The number of carboxylic acids is 1. The number of hydrogen-bond donors (Lipinski definition) is 3. The standard InChI is InChI=1S/C22H30O5/c1-14(2)6-8-16-12-18(21(25)26)13-17(20(16)24)9-7-15(3)19(23)10-11-22(4,5)27/h6,10-13,15,24,27H,7-9H2,1-5H3,(H,25,26). The van der Waals surface area contributed by atoms with Crippen molar-refractivity contribution in [3.05, 3.63) is 52.6 Å². The van der Waals surface area contributed by atoms with Crippen LogP contribution >= 0.6 is 0 Å². The summed E-state index contributed by atoms with van der Waals surface area (Å²) in [7, 11) is 0. The minimum atomic E-state index is -1.05. The molecule has 3 N–H and O–H groups in total. The van der Waals surface area contributed by atoms with Gasteiger partial charge in [-0.2, -0.15) is 0 Å². The number of phenolic OH excluding ortho intramolecular Hbond substituents is 1. The van der Waals surface area contributed by atoms with Crippen LogP contribution in [0.5, 0.6) is 5.75 Å². The van der Waals surface area contributed by atoms with E-state index in [1.807, 2.05) is 19.9 Å². The largest absolute Gasteiger partial charge is 0.507 e. The lowest BCUT2D eigenvalue weighted by Gasteiger charge is -2.14. The first-order valence-electron chi connectivity index (χ1n) is 9.07. The minimum Gasteiger partial charge on any atom is -0.507 e. The van der Waals surface area contributed by atoms with Gasteiger partial charge < -0.3 is 15.3 Å². The molecule has 5 heteroatoms. The third-order valence-corrected chi connectivity index (χ3v) is 4.23. The SMILES string of the molecule is CC(C)=CCc1cc(C(=O)O)cc(CCC(C)C(=O)C=CC(C)(C)O)c1O. The number of allylic oxidation sites excluding steroid dienone is 3. The van der Waals surface area contributed by atoms with Crippen LogP contribution in [0.2, 0.25) is 0 Å². The molecule has 27 heavy (non-hydrogen) atoms. The molecule has 1 atom stereocenters. The van der Waals surface area contributed by atoms with E-state index in [-0.39, 0.29) is 23.0 Å². The second-order valence-electron chi connectivity index (χ2n) is 7.76. The van der Waals surface area contributed by atoms with Crippen LogP contribution in [0.4, 0.5) is 0 Å². The van der Waals surface area contributed by atoms with Gasteiger partial charge in [-0.25, -0.2) is 4.79 Å². The van der Waals surface area contributed by atoms with Gasteiger partial charge in [-0.3, -0.25) is 4.79 Å². The molecule has 0 saturated carbocycles. The Morgan fingerprint density at radius 2 is 1.78 bits per heavy atom. The molecule has 0 aromatic heterocycles. The van der Waals surface area contributed by atoms with E-state index in [4.69, 9.17) is 0 Å². The summed E-state index contributed by atoms with van der Waals surface area (Å²) in [4.78, 5) is 23.5. The summed E-state index contributed by atoms with van der Waals surface area (Å²) in [6.07, 6.45) is 6.05. The Morgan fingerprint density at radius 3 is 2.30 bits per heavy atom. The van der Waals surface area contributed by atoms with Crippen molar-refractivity contribution in [1.82, 2.24) is 0 Å². The zero-order valence-corrected chi connectivity index (χ0v) is 16.7. The van der Waals surface area contributed by atoms with Crippen molar-refractivity contribution in [1.29, 1.82) is 0 Å². The Morgan fingerprint density at radius 1 is 1.19 bits per heavy atom. The van der Waals surface area contributed by atoms with Gasteiger partial charge in [0, 0.05) is 5.92 Å². The highest BCUT2D eigenvalue weighted by molar-refractivity contribution is 5.91. The van der Waals surface area contributed by atoms with Crippen LogP contribution in [0, 0.1) is 5.92 Å². The molecule has 5 nitrogen and oxygen atoms in total. The van der Waals surface area contributed by atoms with Crippen LogP contribution in [-0.2, 0) is 17.6 Å². The van der Waals surface area contributed by atoms with Gasteiger partial charge in [0.2, 0.25) is 0 Å². The molecule has 1 unspecified atom stereocenters. The maximum Gasteiger partial charge on any atom is 0.335 e. The summed E-state index contributed by atoms with van der Waals surface area (Å²) in [6.45, 7) is 8.83. The van der Waals surface area contributed by atoms with Crippen LogP contribution < -0.4 is 0 Å². The lowest BCUT2D eigenvalue weighted by atomic mass is 9.93. The van der Waals surface area contributed by atoms with Crippen LogP contribution in [-0.4, -0.2) is 32.7 Å². The van der Waals surface area contributed by atoms with E-state index in [0.717, 1.165) is 5.57 Å². The number of aliphatic hydroxyl groups is 1. The molecule has 1 rings (SSSR count). The van der Waals surface area contributed by atoms with Gasteiger partial charge in [-0.15, -0.1) is 0 Å². The highest BCUT2D eigenvalue weighted by Crippen LogP contribution is 2.28. The van der Waals surface area contributed by atoms with Crippen molar-refractivity contribution in [2.24, 2.45) is 5.92 Å². The van der Waals surface area contributed by atoms with Gasteiger partial charge >= 0.3 is 5.97 Å². The van der Waals surface area contributed by atoms with E-state index < -0.39 is 11.6 Å². The molecule has 0 bridgehead atoms. The van der Waals surface area contributed by atoms with Gasteiger partial charge in [-0.1, -0.05) is 24.6 Å². The molecular formula is C22H30O5. The minimum absolute atomic E-state index is 0.0872. The average Bonchev–Trinajstić information content (AvgIpc) is 2.56. The van der Waals surface area contributed by atoms with Crippen molar-refractivity contribution in [3.63, 3.8) is 0 Å². The summed E-state index contributed by atoms with van der Waals surface area (Å²) in [5.41, 5.74) is 1.24. The fourth-order valence-corrected chi connectivity index (χ4v) is 2.51. The Balaban J connectivity index is 2.98. The monoisotopic (exact) mass is 374 g/mol. The Hall–Kier alpha value is -2.40. The van der Waals surface area contributed by atoms with Gasteiger partial charge in [0.1, 0.15) is 5.75 Å². The van der Waals surface area contributed by atoms with Crippen molar-refractivity contribution in [2.75, 3.05) is 0 Å². The quantitative estimate of drug-likeness (QED) is 0.447. The Kier molecular flexibility index (Phi) is 7.98. The van der Waals surface area contributed by atoms with E-state index in [2.05, 4.69) is 0 Å². The number of rotatable bonds is 9. The van der Waals surface area contributed by atoms with Crippen molar-refractivity contribution < 1.29 is 24.9 Å². The number of hydrogen-bond acceptors (Lipinski definition) is 4. The van der Waals surface area contributed by atoms with E-state index in [1.54, 1.807) is 20.8 Å². The van der Waals surface area contributed by atoms with Crippen LogP contribution in [0.25, 0.3) is 0 Å². The Bertz CT molecular complexity index is 747. The predicted molar refractivity (Wildman–Crippen MR) is 106 cm³/mol. The lowest BCUT2D eigenvalue weighted by molar-refractivity contribution is -0.118. The second kappa shape index (κ2) is 9.51. The van der Waals surface area contributed by atoms with E-state index in [0.29, 0.717) is 30.4 Å². The van der Waals surface area contributed by atoms with E-state index in [9.17, 15) is 24.9 Å². The molecule has 0 aliphatic rings. The normalized spacial score (nSPS) is 12.8. The lowest BCUT2D eigenvalue weighted by Crippen LogP contribution is -2.16. The highest BCUT2D eigenvalue weighted by atomic mass is 16.4. The smallest absolute Gasteiger partial charge is 0.335 e. The molecule has 148 valence electrons. The maximum absolute atomic E-state index is 12.2. The maximum atomic E-state index is 12.2. The summed E-state index contributed by atoms with van der Waals surface area (Å²) in [5, 5.41) is 29.5. The van der Waals surface area contributed by atoms with Gasteiger partial charge in [0.15, 0.2) is 5.78 Å². The number of benzene rings is 1. The van der Waals surface area contributed by atoms with Crippen molar-refractivity contribution >= 4 is 11.8 Å². The van der Waals surface area contributed by atoms with Gasteiger partial charge in [-0.05, 0) is 76.3 Å². The highest BCUT2D eigenvalue weighted by Gasteiger charge is 2.17. The van der Waals surface area contributed by atoms with E-state index >= 15 is 0 Å². The molecule has 0 aliphatic carbocycles. The predicted octanol–water partition coefficient (Wildman–Crippen LogP) is 4.06. The molecule has 1 aromatic rings. The summed E-state index contributed by atoms with van der Waals surface area (Å²) >= 11 is 0. The topological polar surface area (TPSA) is 94.8 Å². The number of carbonyl (C=O) groups excluding carboxylic acids is 1. The number of aryl methyl sites for hydroxylation is 1. The number of carbonyl (C=O) groups is 2. The molecule has 0 fully saturated rings. The second-order valence-corrected chi connectivity index (χ2v) is 7.76. The fourth-order valence-electron chi connectivity index (χ4n) is 2.51. The first-order valence-corrected chi connectivity index (χ1v) is 9.07. The number of carboxylic acid groups (broad SMARTS) is 1. The molecule has 0 heterocycles. The van der Waals surface area contributed by atoms with E-state index in [1.165, 1.54) is 24.3 Å². The molecular weight excluding hydrogens is 344 g/mol. The van der Waals surface area contributed by atoms with Gasteiger partial charge in [0.05, 0.1) is 11.2 Å². The first kappa shape index (κ1) is 22.6. The molecule has 0 aliphatic heterocycles. The fraction of sp³-hybridized carbons (Fsp3) is 0.455. The zero-order valence-electron chi connectivity index (χ0n) is 16.7. The third-order valence-electron chi connectivity index (χ3n) is 4.23. The van der Waals surface area contributed by atoms with Crippen LogP contribution in [0.3, 0.4) is 0 Å². The van der Waals surface area contributed by atoms with Crippen molar-refractivity contribution in [2.45, 2.75) is 59.5 Å². The van der Waals surface area contributed by atoms with Crippen LogP contribution in [0.15, 0.2) is 35.9 Å². The molecule has 0 radical (unpaired) electrons. The summed E-state index contributed by atoms with van der Waals surface area (Å²) in [5.74, 6) is -1.38. The summed E-state index contributed by atoms with van der Waals surface area (Å²) < 4.78 is 0. The third kappa shape index (κ3) is 7.79. The number of aromatic carboxylic acids is 1. The molecule has 0 amide bonds. The first-order chi connectivity index (χ1) is 12.4. The average molecular weight is 374 g/mol. The number of ketones is 1.